The summed E-state index contributed by atoms with van der Waals surface area (Å²) in [6.45, 7) is 7.36. The molecular formula is C18H27NO3. The molecule has 4 nitrogen and oxygen atoms in total. The Labute approximate surface area is 133 Å². The number of anilines is 1. The van der Waals surface area contributed by atoms with Gasteiger partial charge in [0.15, 0.2) is 0 Å². The van der Waals surface area contributed by atoms with Crippen molar-refractivity contribution >= 4 is 11.6 Å². The molecule has 1 amide bonds. The first-order chi connectivity index (χ1) is 10.6. The van der Waals surface area contributed by atoms with E-state index in [1.165, 1.54) is 0 Å². The molecule has 1 saturated carbocycles. The highest BCUT2D eigenvalue weighted by atomic mass is 16.5. The Bertz CT molecular complexity index is 482. The summed E-state index contributed by atoms with van der Waals surface area (Å²) < 4.78 is 11.4. The molecule has 4 heteroatoms. The van der Waals surface area contributed by atoms with Gasteiger partial charge < -0.3 is 14.8 Å². The van der Waals surface area contributed by atoms with Crippen molar-refractivity contribution in [2.45, 2.75) is 52.1 Å². The lowest BCUT2D eigenvalue weighted by molar-refractivity contribution is -0.142. The number of ether oxygens (including phenoxy) is 2. The van der Waals surface area contributed by atoms with E-state index in [2.05, 4.69) is 19.2 Å². The standard InChI is InChI=1S/C18H27NO3/c1-4-12-21-16-10-8-15(9-11-16)19-17(20)18(3,14-6-7-14)22-13-5-2/h8-11,14H,4-7,12-13H2,1-3H3,(H,19,20). The molecule has 2 rings (SSSR count). The van der Waals surface area contributed by atoms with Crippen molar-refractivity contribution in [1.82, 2.24) is 0 Å². The Kier molecular flexibility index (Phi) is 5.83. The Morgan fingerprint density at radius 3 is 2.36 bits per heavy atom. The number of hydrogen-bond donors (Lipinski definition) is 1. The molecule has 0 heterocycles. The minimum Gasteiger partial charge on any atom is -0.494 e. The first-order valence-electron chi connectivity index (χ1n) is 8.28. The van der Waals surface area contributed by atoms with E-state index in [1.807, 2.05) is 31.2 Å². The topological polar surface area (TPSA) is 47.6 Å². The van der Waals surface area contributed by atoms with Crippen LogP contribution < -0.4 is 10.1 Å². The maximum atomic E-state index is 12.6. The van der Waals surface area contributed by atoms with E-state index in [0.29, 0.717) is 19.1 Å². The first-order valence-corrected chi connectivity index (χ1v) is 8.28. The van der Waals surface area contributed by atoms with Crippen molar-refractivity contribution < 1.29 is 14.3 Å². The normalized spacial score (nSPS) is 16.9. The summed E-state index contributed by atoms with van der Waals surface area (Å²) in [7, 11) is 0. The van der Waals surface area contributed by atoms with E-state index in [-0.39, 0.29) is 5.91 Å². The molecular weight excluding hydrogens is 278 g/mol. The predicted molar refractivity (Wildman–Crippen MR) is 88.2 cm³/mol. The summed E-state index contributed by atoms with van der Waals surface area (Å²) in [4.78, 5) is 12.6. The number of carbonyl (C=O) groups excluding carboxylic acids is 1. The van der Waals surface area contributed by atoms with Crippen LogP contribution in [-0.4, -0.2) is 24.7 Å². The summed E-state index contributed by atoms with van der Waals surface area (Å²) in [5.74, 6) is 1.11. The lowest BCUT2D eigenvalue weighted by Gasteiger charge is -2.28. The molecule has 1 aliphatic carbocycles. The van der Waals surface area contributed by atoms with Gasteiger partial charge in [-0.15, -0.1) is 0 Å². The number of carbonyl (C=O) groups is 1. The van der Waals surface area contributed by atoms with Crippen LogP contribution in [0.4, 0.5) is 5.69 Å². The second-order valence-electron chi connectivity index (χ2n) is 6.06. The largest absolute Gasteiger partial charge is 0.494 e. The molecule has 0 saturated heterocycles. The second-order valence-corrected chi connectivity index (χ2v) is 6.06. The van der Waals surface area contributed by atoms with Crippen LogP contribution in [0.3, 0.4) is 0 Å². The van der Waals surface area contributed by atoms with Crippen LogP contribution in [0, 0.1) is 5.92 Å². The van der Waals surface area contributed by atoms with E-state index in [9.17, 15) is 4.79 Å². The van der Waals surface area contributed by atoms with E-state index < -0.39 is 5.60 Å². The Morgan fingerprint density at radius 2 is 1.82 bits per heavy atom. The van der Waals surface area contributed by atoms with Gasteiger partial charge in [-0.25, -0.2) is 0 Å². The summed E-state index contributed by atoms with van der Waals surface area (Å²) in [5.41, 5.74) is 0.0636. The molecule has 0 aromatic heterocycles. The molecule has 1 fully saturated rings. The third kappa shape index (κ3) is 4.23. The summed E-state index contributed by atoms with van der Waals surface area (Å²) in [6, 6.07) is 7.51. The molecule has 22 heavy (non-hydrogen) atoms. The van der Waals surface area contributed by atoms with Crippen molar-refractivity contribution in [1.29, 1.82) is 0 Å². The van der Waals surface area contributed by atoms with Gasteiger partial charge in [-0.1, -0.05) is 13.8 Å². The van der Waals surface area contributed by atoms with E-state index in [0.717, 1.165) is 37.1 Å². The minimum atomic E-state index is -0.715. The number of amides is 1. The minimum absolute atomic E-state index is 0.0503. The van der Waals surface area contributed by atoms with Crippen LogP contribution in [0.25, 0.3) is 0 Å². The lowest BCUT2D eigenvalue weighted by Crippen LogP contribution is -2.45. The number of benzene rings is 1. The van der Waals surface area contributed by atoms with Gasteiger partial charge in [-0.05, 0) is 62.8 Å². The van der Waals surface area contributed by atoms with Crippen molar-refractivity contribution in [2.75, 3.05) is 18.5 Å². The fraction of sp³-hybridized carbons (Fsp3) is 0.611. The Morgan fingerprint density at radius 1 is 1.18 bits per heavy atom. The zero-order valence-electron chi connectivity index (χ0n) is 13.9. The summed E-state index contributed by atoms with van der Waals surface area (Å²) in [6.07, 6.45) is 4.03. The Balaban J connectivity index is 1.97. The lowest BCUT2D eigenvalue weighted by atomic mass is 9.98. The van der Waals surface area contributed by atoms with Gasteiger partial charge in [0.25, 0.3) is 5.91 Å². The quantitative estimate of drug-likeness (QED) is 0.750. The van der Waals surface area contributed by atoms with E-state index >= 15 is 0 Å². The number of hydrogen-bond acceptors (Lipinski definition) is 3. The fourth-order valence-corrected chi connectivity index (χ4v) is 2.43. The zero-order chi connectivity index (χ0) is 16.0. The van der Waals surface area contributed by atoms with Gasteiger partial charge in [0, 0.05) is 12.3 Å². The van der Waals surface area contributed by atoms with Crippen LogP contribution in [0.1, 0.15) is 46.5 Å². The predicted octanol–water partition coefficient (Wildman–Crippen LogP) is 4.01. The molecule has 0 radical (unpaired) electrons. The van der Waals surface area contributed by atoms with Crippen molar-refractivity contribution in [2.24, 2.45) is 5.92 Å². The van der Waals surface area contributed by atoms with E-state index in [4.69, 9.17) is 9.47 Å². The monoisotopic (exact) mass is 305 g/mol. The van der Waals surface area contributed by atoms with Gasteiger partial charge in [0.05, 0.1) is 6.61 Å². The molecule has 0 aliphatic heterocycles. The van der Waals surface area contributed by atoms with Crippen LogP contribution >= 0.6 is 0 Å². The molecule has 1 aromatic rings. The van der Waals surface area contributed by atoms with Crippen LogP contribution in [0.2, 0.25) is 0 Å². The van der Waals surface area contributed by atoms with Gasteiger partial charge in [-0.3, -0.25) is 4.79 Å². The van der Waals surface area contributed by atoms with Gasteiger partial charge in [-0.2, -0.15) is 0 Å². The highest BCUT2D eigenvalue weighted by molar-refractivity contribution is 5.97. The maximum Gasteiger partial charge on any atom is 0.256 e. The molecule has 122 valence electrons. The molecule has 0 bridgehead atoms. The highest BCUT2D eigenvalue weighted by Gasteiger charge is 2.48. The average molecular weight is 305 g/mol. The molecule has 1 N–H and O–H groups in total. The van der Waals surface area contributed by atoms with Gasteiger partial charge >= 0.3 is 0 Å². The highest BCUT2D eigenvalue weighted by Crippen LogP contribution is 2.42. The Hall–Kier alpha value is -1.55. The van der Waals surface area contributed by atoms with Crippen molar-refractivity contribution in [3.63, 3.8) is 0 Å². The van der Waals surface area contributed by atoms with Crippen LogP contribution in [-0.2, 0) is 9.53 Å². The SMILES string of the molecule is CCCOc1ccc(NC(=O)C(C)(OCCC)C2CC2)cc1. The molecule has 1 aromatic carbocycles. The average Bonchev–Trinajstić information content (AvgIpc) is 3.37. The maximum absolute atomic E-state index is 12.6. The molecule has 1 atom stereocenters. The van der Waals surface area contributed by atoms with Crippen LogP contribution in [0.15, 0.2) is 24.3 Å². The smallest absolute Gasteiger partial charge is 0.256 e. The molecule has 1 unspecified atom stereocenters. The third-order valence-corrected chi connectivity index (χ3v) is 4.00. The molecule has 1 aliphatic rings. The zero-order valence-corrected chi connectivity index (χ0v) is 13.9. The van der Waals surface area contributed by atoms with Gasteiger partial charge in [0.2, 0.25) is 0 Å². The van der Waals surface area contributed by atoms with E-state index in [1.54, 1.807) is 0 Å². The van der Waals surface area contributed by atoms with Crippen molar-refractivity contribution in [3.05, 3.63) is 24.3 Å². The summed E-state index contributed by atoms with van der Waals surface area (Å²) in [5, 5.41) is 2.98. The third-order valence-electron chi connectivity index (χ3n) is 4.00. The second kappa shape index (κ2) is 7.63. The number of nitrogens with one attached hydrogen (secondary N) is 1. The summed E-state index contributed by atoms with van der Waals surface area (Å²) >= 11 is 0. The first kappa shape index (κ1) is 16.8. The fourth-order valence-electron chi connectivity index (χ4n) is 2.43. The van der Waals surface area contributed by atoms with Gasteiger partial charge in [0.1, 0.15) is 11.4 Å². The molecule has 0 spiro atoms. The van der Waals surface area contributed by atoms with Crippen molar-refractivity contribution in [3.8, 4) is 5.75 Å². The number of rotatable bonds is 9. The van der Waals surface area contributed by atoms with Crippen LogP contribution in [0.5, 0.6) is 5.75 Å².